The molecule has 0 aliphatic heterocycles. The van der Waals surface area contributed by atoms with Crippen LogP contribution >= 0.6 is 15.9 Å². The summed E-state index contributed by atoms with van der Waals surface area (Å²) in [4.78, 5) is 24.1. The van der Waals surface area contributed by atoms with Gasteiger partial charge in [0.1, 0.15) is 0 Å². The zero-order valence-corrected chi connectivity index (χ0v) is 14.9. The Morgan fingerprint density at radius 2 is 2.09 bits per heavy atom. The Morgan fingerprint density at radius 3 is 2.65 bits per heavy atom. The highest BCUT2D eigenvalue weighted by Crippen LogP contribution is 2.36. The molecule has 23 heavy (non-hydrogen) atoms. The number of carbonyl (C=O) groups is 2. The van der Waals surface area contributed by atoms with E-state index in [2.05, 4.69) is 21.2 Å². The molecule has 0 heterocycles. The van der Waals surface area contributed by atoms with Gasteiger partial charge in [-0.1, -0.05) is 0 Å². The second-order valence-electron chi connectivity index (χ2n) is 5.25. The third kappa shape index (κ3) is 4.60. The van der Waals surface area contributed by atoms with Crippen LogP contribution in [0.25, 0.3) is 0 Å². The van der Waals surface area contributed by atoms with Crippen molar-refractivity contribution in [2.24, 2.45) is 0 Å². The molecule has 0 unspecified atom stereocenters. The number of carbonyl (C=O) groups excluding carboxylic acids is 2. The number of benzene rings is 1. The van der Waals surface area contributed by atoms with Crippen LogP contribution < -0.4 is 14.8 Å². The summed E-state index contributed by atoms with van der Waals surface area (Å²) >= 11 is 3.35. The third-order valence-electron chi connectivity index (χ3n) is 3.33. The molecule has 1 aromatic carbocycles. The zero-order chi connectivity index (χ0) is 17.0. The highest BCUT2D eigenvalue weighted by Gasteiger charge is 2.27. The summed E-state index contributed by atoms with van der Waals surface area (Å²) in [7, 11) is 1.49. The number of rotatable bonds is 7. The molecule has 1 aromatic rings. The minimum atomic E-state index is -0.848. The Labute approximate surface area is 143 Å². The molecule has 1 aliphatic carbocycles. The van der Waals surface area contributed by atoms with Crippen LogP contribution in [0.3, 0.4) is 0 Å². The Kier molecular flexibility index (Phi) is 5.87. The van der Waals surface area contributed by atoms with E-state index >= 15 is 0 Å². The first kappa shape index (κ1) is 17.6. The lowest BCUT2D eigenvalue weighted by atomic mass is 10.2. The van der Waals surface area contributed by atoms with Crippen molar-refractivity contribution >= 4 is 27.8 Å². The number of nitrogens with one attached hydrogen (secondary N) is 1. The van der Waals surface area contributed by atoms with Crippen LogP contribution in [0.15, 0.2) is 16.6 Å². The minimum Gasteiger partial charge on any atom is -0.493 e. The molecule has 1 N–H and O–H groups in total. The van der Waals surface area contributed by atoms with E-state index in [1.165, 1.54) is 13.2 Å². The fourth-order valence-corrected chi connectivity index (χ4v) is 2.51. The van der Waals surface area contributed by atoms with E-state index in [0.29, 0.717) is 22.6 Å². The summed E-state index contributed by atoms with van der Waals surface area (Å²) < 4.78 is 16.5. The summed E-state index contributed by atoms with van der Waals surface area (Å²) in [6.45, 7) is 3.88. The Hall–Kier alpha value is -1.76. The monoisotopic (exact) mass is 385 g/mol. The molecule has 0 saturated heterocycles. The van der Waals surface area contributed by atoms with Crippen LogP contribution in [0.5, 0.6) is 11.5 Å². The number of ether oxygens (including phenoxy) is 3. The lowest BCUT2D eigenvalue weighted by Gasteiger charge is -2.15. The first-order valence-corrected chi connectivity index (χ1v) is 8.27. The maximum Gasteiger partial charge on any atom is 0.339 e. The van der Waals surface area contributed by atoms with Gasteiger partial charge in [-0.2, -0.15) is 0 Å². The van der Waals surface area contributed by atoms with Crippen molar-refractivity contribution in [3.8, 4) is 11.5 Å². The summed E-state index contributed by atoms with van der Waals surface area (Å²) in [5, 5.41) is 2.80. The topological polar surface area (TPSA) is 73.9 Å². The zero-order valence-electron chi connectivity index (χ0n) is 13.3. The van der Waals surface area contributed by atoms with Crippen molar-refractivity contribution in [2.75, 3.05) is 13.7 Å². The molecular formula is C16H20BrNO5. The molecule has 0 aromatic heterocycles. The maximum atomic E-state index is 12.2. The number of amides is 1. The van der Waals surface area contributed by atoms with Crippen molar-refractivity contribution in [3.05, 3.63) is 22.2 Å². The number of hydrogen-bond donors (Lipinski definition) is 1. The Bertz CT molecular complexity index is 600. The molecule has 0 radical (unpaired) electrons. The van der Waals surface area contributed by atoms with E-state index in [0.717, 1.165) is 12.8 Å². The van der Waals surface area contributed by atoms with Gasteiger partial charge in [0.25, 0.3) is 5.91 Å². The molecule has 0 spiro atoms. The fraction of sp³-hybridized carbons (Fsp3) is 0.500. The van der Waals surface area contributed by atoms with Crippen molar-refractivity contribution in [2.45, 2.75) is 38.8 Å². The van der Waals surface area contributed by atoms with Crippen LogP contribution in [0.2, 0.25) is 0 Å². The molecule has 1 fully saturated rings. The predicted molar refractivity (Wildman–Crippen MR) is 87.9 cm³/mol. The Morgan fingerprint density at radius 1 is 1.39 bits per heavy atom. The minimum absolute atomic E-state index is 0.225. The molecule has 2 rings (SSSR count). The molecule has 6 nitrogen and oxygen atoms in total. The van der Waals surface area contributed by atoms with Gasteiger partial charge in [-0.3, -0.25) is 4.79 Å². The molecular weight excluding hydrogens is 366 g/mol. The number of halogens is 1. The summed E-state index contributed by atoms with van der Waals surface area (Å²) in [6, 6.07) is 3.34. The third-order valence-corrected chi connectivity index (χ3v) is 3.92. The van der Waals surface area contributed by atoms with Crippen LogP contribution in [0.1, 0.15) is 37.0 Å². The lowest BCUT2D eigenvalue weighted by molar-refractivity contribution is -0.129. The largest absolute Gasteiger partial charge is 0.493 e. The molecule has 1 aliphatic rings. The van der Waals surface area contributed by atoms with Gasteiger partial charge in [0, 0.05) is 6.04 Å². The normalized spacial score (nSPS) is 14.8. The van der Waals surface area contributed by atoms with Gasteiger partial charge in [-0.25, -0.2) is 4.79 Å². The van der Waals surface area contributed by atoms with Gasteiger partial charge in [0.15, 0.2) is 17.6 Å². The molecule has 126 valence electrons. The van der Waals surface area contributed by atoms with Gasteiger partial charge in [0.05, 0.1) is 23.8 Å². The Balaban J connectivity index is 2.08. The summed E-state index contributed by atoms with van der Waals surface area (Å²) in [6.07, 6.45) is 1.12. The number of esters is 1. The standard InChI is InChI=1S/C16H20BrNO5/c1-4-22-14-12(17)7-10(8-13(14)21-3)16(20)23-9(2)15(19)18-11-5-6-11/h7-9,11H,4-6H2,1-3H3,(H,18,19)/t9-/m0/s1. The predicted octanol–water partition coefficient (Wildman–Crippen LogP) is 2.68. The van der Waals surface area contributed by atoms with Crippen LogP contribution in [0.4, 0.5) is 0 Å². The van der Waals surface area contributed by atoms with Crippen molar-refractivity contribution in [1.82, 2.24) is 5.32 Å². The average Bonchev–Trinajstić information content (AvgIpc) is 3.32. The average molecular weight is 386 g/mol. The molecule has 0 bridgehead atoms. The van der Waals surface area contributed by atoms with Crippen LogP contribution in [0, 0.1) is 0 Å². The van der Waals surface area contributed by atoms with Crippen LogP contribution in [-0.4, -0.2) is 37.7 Å². The maximum absolute atomic E-state index is 12.2. The second-order valence-corrected chi connectivity index (χ2v) is 6.11. The van der Waals surface area contributed by atoms with Crippen molar-refractivity contribution in [3.63, 3.8) is 0 Å². The number of hydrogen-bond acceptors (Lipinski definition) is 5. The van der Waals surface area contributed by atoms with Gasteiger partial charge >= 0.3 is 5.97 Å². The lowest BCUT2D eigenvalue weighted by Crippen LogP contribution is -2.37. The van der Waals surface area contributed by atoms with Gasteiger partial charge in [0.2, 0.25) is 0 Å². The highest BCUT2D eigenvalue weighted by atomic mass is 79.9. The SMILES string of the molecule is CCOc1c(Br)cc(C(=O)O[C@@H](C)C(=O)NC2CC2)cc1OC. The van der Waals surface area contributed by atoms with Crippen molar-refractivity contribution < 1.29 is 23.8 Å². The van der Waals surface area contributed by atoms with E-state index in [9.17, 15) is 9.59 Å². The van der Waals surface area contributed by atoms with Gasteiger partial charge < -0.3 is 19.5 Å². The molecule has 1 saturated carbocycles. The smallest absolute Gasteiger partial charge is 0.339 e. The highest BCUT2D eigenvalue weighted by molar-refractivity contribution is 9.10. The quantitative estimate of drug-likeness (QED) is 0.730. The molecule has 1 atom stereocenters. The second kappa shape index (κ2) is 7.68. The molecule has 7 heteroatoms. The first-order chi connectivity index (χ1) is 11.0. The summed E-state index contributed by atoms with van der Waals surface area (Å²) in [5.74, 6) is 0.0673. The van der Waals surface area contributed by atoms with E-state index in [4.69, 9.17) is 14.2 Å². The van der Waals surface area contributed by atoms with Gasteiger partial charge in [-0.15, -0.1) is 0 Å². The van der Waals surface area contributed by atoms with E-state index < -0.39 is 12.1 Å². The number of methoxy groups -OCH3 is 1. The summed E-state index contributed by atoms with van der Waals surface area (Å²) in [5.41, 5.74) is 0.281. The van der Waals surface area contributed by atoms with E-state index in [1.807, 2.05) is 6.92 Å². The van der Waals surface area contributed by atoms with E-state index in [-0.39, 0.29) is 17.5 Å². The van der Waals surface area contributed by atoms with E-state index in [1.54, 1.807) is 13.0 Å². The molecule has 1 amide bonds. The van der Waals surface area contributed by atoms with Crippen LogP contribution in [-0.2, 0) is 9.53 Å². The fourth-order valence-electron chi connectivity index (χ4n) is 1.95. The van der Waals surface area contributed by atoms with Gasteiger partial charge in [-0.05, 0) is 54.8 Å². The van der Waals surface area contributed by atoms with Crippen molar-refractivity contribution in [1.29, 1.82) is 0 Å². The first-order valence-electron chi connectivity index (χ1n) is 7.48.